The molecule has 130 valence electrons. The van der Waals surface area contributed by atoms with Gasteiger partial charge in [0.05, 0.1) is 12.0 Å². The molecule has 0 fully saturated rings. The highest BCUT2D eigenvalue weighted by Gasteiger charge is 2.21. The number of nitrogens with one attached hydrogen (secondary N) is 1. The van der Waals surface area contributed by atoms with Gasteiger partial charge in [0.1, 0.15) is 23.7 Å². The summed E-state index contributed by atoms with van der Waals surface area (Å²) in [5.41, 5.74) is 0.938. The summed E-state index contributed by atoms with van der Waals surface area (Å²) in [4.78, 5) is 23.0. The van der Waals surface area contributed by atoms with E-state index in [4.69, 9.17) is 9.47 Å². The lowest BCUT2D eigenvalue weighted by atomic mass is 10.1. The average Bonchev–Trinajstić information content (AvgIpc) is 2.59. The monoisotopic (exact) mass is 342 g/mol. The Labute approximate surface area is 145 Å². The van der Waals surface area contributed by atoms with Crippen LogP contribution in [0, 0.1) is 10.1 Å². The van der Waals surface area contributed by atoms with Crippen LogP contribution in [0.4, 0.5) is 11.4 Å². The summed E-state index contributed by atoms with van der Waals surface area (Å²) in [5.74, 6) is 0.304. The molecule has 7 nitrogen and oxygen atoms in total. The normalized spacial score (nSPS) is 10.0. The highest BCUT2D eigenvalue weighted by atomic mass is 16.6. The van der Waals surface area contributed by atoms with Gasteiger partial charge in [-0.3, -0.25) is 14.9 Å². The fourth-order valence-electron chi connectivity index (χ4n) is 2.05. The van der Waals surface area contributed by atoms with Crippen molar-refractivity contribution in [2.45, 2.75) is 6.92 Å². The van der Waals surface area contributed by atoms with Crippen molar-refractivity contribution < 1.29 is 19.2 Å². The zero-order valence-corrected chi connectivity index (χ0v) is 13.9. The molecule has 0 aliphatic carbocycles. The van der Waals surface area contributed by atoms with Crippen LogP contribution in [0.1, 0.15) is 17.3 Å². The number of hydrogen-bond acceptors (Lipinski definition) is 5. The maximum absolute atomic E-state index is 12.5. The molecule has 2 rings (SSSR count). The van der Waals surface area contributed by atoms with Gasteiger partial charge in [-0.1, -0.05) is 12.6 Å². The second-order valence-electron chi connectivity index (χ2n) is 5.37. The fraction of sp³-hybridized carbons (Fsp3) is 0.167. The first kappa shape index (κ1) is 18.0. The van der Waals surface area contributed by atoms with Crippen LogP contribution in [0.15, 0.2) is 54.6 Å². The lowest BCUT2D eigenvalue weighted by molar-refractivity contribution is -0.385. The van der Waals surface area contributed by atoms with Gasteiger partial charge in [-0.05, 0) is 36.8 Å². The molecule has 0 bridgehead atoms. The highest BCUT2D eigenvalue weighted by Crippen LogP contribution is 2.26. The first-order valence-corrected chi connectivity index (χ1v) is 7.41. The molecule has 0 aromatic heterocycles. The van der Waals surface area contributed by atoms with E-state index < -0.39 is 10.8 Å². The van der Waals surface area contributed by atoms with Crippen LogP contribution in [-0.4, -0.2) is 24.5 Å². The second-order valence-corrected chi connectivity index (χ2v) is 5.37. The van der Waals surface area contributed by atoms with Gasteiger partial charge in [0.15, 0.2) is 0 Å². The molecule has 1 amide bonds. The van der Waals surface area contributed by atoms with Crippen molar-refractivity contribution in [2.75, 3.05) is 19.0 Å². The third-order valence-electron chi connectivity index (χ3n) is 3.22. The van der Waals surface area contributed by atoms with E-state index in [1.807, 2.05) is 6.92 Å². The van der Waals surface area contributed by atoms with Crippen LogP contribution < -0.4 is 14.8 Å². The molecule has 1 N–H and O–H groups in total. The summed E-state index contributed by atoms with van der Waals surface area (Å²) in [6.45, 7) is 5.95. The minimum atomic E-state index is -0.610. The van der Waals surface area contributed by atoms with E-state index in [2.05, 4.69) is 11.9 Å². The molecule has 0 heterocycles. The van der Waals surface area contributed by atoms with Crippen molar-refractivity contribution in [1.29, 1.82) is 0 Å². The summed E-state index contributed by atoms with van der Waals surface area (Å²) in [7, 11) is 1.42. The number of hydrogen-bond donors (Lipinski definition) is 1. The first-order valence-electron chi connectivity index (χ1n) is 7.41. The topological polar surface area (TPSA) is 90.7 Å². The predicted octanol–water partition coefficient (Wildman–Crippen LogP) is 3.81. The largest absolute Gasteiger partial charge is 0.497 e. The Hall–Kier alpha value is -3.35. The zero-order valence-electron chi connectivity index (χ0n) is 13.9. The smallest absolute Gasteiger partial charge is 0.282 e. The number of ether oxygens (including phenoxy) is 2. The highest BCUT2D eigenvalue weighted by molar-refractivity contribution is 6.07. The van der Waals surface area contributed by atoms with Gasteiger partial charge in [0, 0.05) is 17.8 Å². The Morgan fingerprint density at radius 1 is 1.24 bits per heavy atom. The lowest BCUT2D eigenvalue weighted by Crippen LogP contribution is -2.14. The number of rotatable bonds is 7. The molecular formula is C18H18N2O5. The molecule has 0 saturated heterocycles. The molecule has 0 atom stereocenters. The summed E-state index contributed by atoms with van der Waals surface area (Å²) in [5, 5.41) is 13.8. The number of amides is 1. The minimum Gasteiger partial charge on any atom is -0.497 e. The van der Waals surface area contributed by atoms with Crippen molar-refractivity contribution in [2.24, 2.45) is 0 Å². The lowest BCUT2D eigenvalue weighted by Gasteiger charge is -2.10. The Bertz CT molecular complexity index is 817. The number of nitro groups is 1. The summed E-state index contributed by atoms with van der Waals surface area (Å²) in [6, 6.07) is 10.7. The van der Waals surface area contributed by atoms with Gasteiger partial charge < -0.3 is 14.8 Å². The van der Waals surface area contributed by atoms with Crippen molar-refractivity contribution >= 4 is 17.3 Å². The number of anilines is 1. The molecule has 0 radical (unpaired) electrons. The number of carbonyl (C=O) groups excluding carboxylic acids is 1. The fourth-order valence-corrected chi connectivity index (χ4v) is 2.05. The standard InChI is InChI=1S/C18H18N2O5/c1-12(2)11-25-15-6-4-5-13(9-15)19-18(21)16-10-14(24-3)7-8-17(16)20(22)23/h4-10H,1,11H2,2-3H3,(H,19,21). The Balaban J connectivity index is 2.23. The number of nitrogens with zero attached hydrogens (tertiary/aromatic N) is 1. The van der Waals surface area contributed by atoms with Crippen molar-refractivity contribution in [3.05, 3.63) is 70.3 Å². The third-order valence-corrected chi connectivity index (χ3v) is 3.22. The van der Waals surface area contributed by atoms with E-state index in [9.17, 15) is 14.9 Å². The second kappa shape index (κ2) is 7.96. The molecule has 0 aliphatic rings. The number of carbonyl (C=O) groups is 1. The van der Waals surface area contributed by atoms with E-state index in [1.54, 1.807) is 24.3 Å². The summed E-state index contributed by atoms with van der Waals surface area (Å²) >= 11 is 0. The van der Waals surface area contributed by atoms with Crippen molar-refractivity contribution in [3.63, 3.8) is 0 Å². The predicted molar refractivity (Wildman–Crippen MR) is 94.4 cm³/mol. The van der Waals surface area contributed by atoms with E-state index >= 15 is 0 Å². The van der Waals surface area contributed by atoms with Crippen molar-refractivity contribution in [3.8, 4) is 11.5 Å². The SMILES string of the molecule is C=C(C)COc1cccc(NC(=O)c2cc(OC)ccc2[N+](=O)[O-])c1. The van der Waals surface area contributed by atoms with Crippen LogP contribution in [0.25, 0.3) is 0 Å². The summed E-state index contributed by atoms with van der Waals surface area (Å²) in [6.07, 6.45) is 0. The van der Waals surface area contributed by atoms with Crippen LogP contribution in [-0.2, 0) is 0 Å². The molecule has 2 aromatic rings. The Kier molecular flexibility index (Phi) is 5.73. The van der Waals surface area contributed by atoms with Gasteiger partial charge in [-0.15, -0.1) is 0 Å². The molecule has 25 heavy (non-hydrogen) atoms. The molecule has 0 unspecified atom stereocenters. The maximum Gasteiger partial charge on any atom is 0.282 e. The van der Waals surface area contributed by atoms with E-state index in [1.165, 1.54) is 25.3 Å². The van der Waals surface area contributed by atoms with Gasteiger partial charge in [-0.2, -0.15) is 0 Å². The van der Waals surface area contributed by atoms with Crippen molar-refractivity contribution in [1.82, 2.24) is 0 Å². The van der Waals surface area contributed by atoms with Gasteiger partial charge in [-0.25, -0.2) is 0 Å². The Morgan fingerprint density at radius 3 is 2.64 bits per heavy atom. The minimum absolute atomic E-state index is 0.0855. The zero-order chi connectivity index (χ0) is 18.4. The average molecular weight is 342 g/mol. The first-order chi connectivity index (χ1) is 11.9. The third kappa shape index (κ3) is 4.81. The van der Waals surface area contributed by atoms with Crippen LogP contribution in [0.5, 0.6) is 11.5 Å². The van der Waals surface area contributed by atoms with Crippen LogP contribution in [0.3, 0.4) is 0 Å². The number of nitro benzene ring substituents is 1. The molecular weight excluding hydrogens is 324 g/mol. The van der Waals surface area contributed by atoms with Crippen LogP contribution >= 0.6 is 0 Å². The molecule has 0 spiro atoms. The Morgan fingerprint density at radius 2 is 2.00 bits per heavy atom. The van der Waals surface area contributed by atoms with Gasteiger partial charge >= 0.3 is 0 Å². The van der Waals surface area contributed by atoms with Gasteiger partial charge in [0.25, 0.3) is 11.6 Å². The maximum atomic E-state index is 12.5. The molecule has 0 saturated carbocycles. The molecule has 0 aliphatic heterocycles. The van der Waals surface area contributed by atoms with E-state index in [0.29, 0.717) is 23.8 Å². The van der Waals surface area contributed by atoms with E-state index in [-0.39, 0.29) is 11.3 Å². The molecule has 7 heteroatoms. The summed E-state index contributed by atoms with van der Waals surface area (Å²) < 4.78 is 10.5. The number of benzene rings is 2. The number of methoxy groups -OCH3 is 1. The quantitative estimate of drug-likeness (QED) is 0.469. The van der Waals surface area contributed by atoms with E-state index in [0.717, 1.165) is 5.57 Å². The van der Waals surface area contributed by atoms with Gasteiger partial charge in [0.2, 0.25) is 0 Å². The molecule has 2 aromatic carbocycles. The van der Waals surface area contributed by atoms with Crippen LogP contribution in [0.2, 0.25) is 0 Å².